The SMILES string of the molecule is COC(=O)c1ccc(C2CCC(C)(C(=O)O)C2)cc1. The molecule has 4 heteroatoms. The van der Waals surface area contributed by atoms with Crippen molar-refractivity contribution in [3.05, 3.63) is 35.4 Å². The van der Waals surface area contributed by atoms with E-state index in [-0.39, 0.29) is 11.9 Å². The molecule has 19 heavy (non-hydrogen) atoms. The molecule has 1 fully saturated rings. The van der Waals surface area contributed by atoms with Gasteiger partial charge in [0.2, 0.25) is 0 Å². The molecule has 0 saturated heterocycles. The normalized spacial score (nSPS) is 26.1. The van der Waals surface area contributed by atoms with Gasteiger partial charge in [-0.3, -0.25) is 4.79 Å². The predicted octanol–water partition coefficient (Wildman–Crippen LogP) is 2.83. The van der Waals surface area contributed by atoms with Crippen LogP contribution in [0.3, 0.4) is 0 Å². The maximum Gasteiger partial charge on any atom is 0.337 e. The van der Waals surface area contributed by atoms with E-state index in [1.165, 1.54) is 7.11 Å². The summed E-state index contributed by atoms with van der Waals surface area (Å²) in [5.74, 6) is -0.817. The first kappa shape index (κ1) is 13.6. The summed E-state index contributed by atoms with van der Waals surface area (Å²) in [5.41, 5.74) is 0.994. The van der Waals surface area contributed by atoms with Gasteiger partial charge in [0.15, 0.2) is 0 Å². The molecule has 0 bridgehead atoms. The standard InChI is InChI=1S/C15H18O4/c1-15(14(17)18)8-7-12(9-15)10-3-5-11(6-4-10)13(16)19-2/h3-6,12H,7-9H2,1-2H3,(H,17,18). The Labute approximate surface area is 112 Å². The van der Waals surface area contributed by atoms with E-state index in [4.69, 9.17) is 0 Å². The molecule has 0 heterocycles. The summed E-state index contributed by atoms with van der Waals surface area (Å²) >= 11 is 0. The van der Waals surface area contributed by atoms with Crippen molar-refractivity contribution in [2.24, 2.45) is 5.41 Å². The van der Waals surface area contributed by atoms with Gasteiger partial charge in [-0.15, -0.1) is 0 Å². The molecule has 1 aromatic carbocycles. The zero-order valence-corrected chi connectivity index (χ0v) is 11.2. The molecule has 2 unspecified atom stereocenters. The average molecular weight is 262 g/mol. The van der Waals surface area contributed by atoms with Crippen LogP contribution in [0.1, 0.15) is 48.0 Å². The molecule has 0 radical (unpaired) electrons. The van der Waals surface area contributed by atoms with Crippen molar-refractivity contribution in [2.45, 2.75) is 32.1 Å². The third-order valence-electron chi connectivity index (χ3n) is 4.06. The van der Waals surface area contributed by atoms with Gasteiger partial charge in [0.05, 0.1) is 18.1 Å². The van der Waals surface area contributed by atoms with Gasteiger partial charge in [-0.2, -0.15) is 0 Å². The zero-order chi connectivity index (χ0) is 14.0. The number of esters is 1. The fourth-order valence-electron chi connectivity index (χ4n) is 2.73. The number of hydrogen-bond donors (Lipinski definition) is 1. The Kier molecular flexibility index (Phi) is 3.60. The highest BCUT2D eigenvalue weighted by atomic mass is 16.5. The summed E-state index contributed by atoms with van der Waals surface area (Å²) in [7, 11) is 1.35. The number of carboxylic acids is 1. The first-order valence-electron chi connectivity index (χ1n) is 6.38. The highest BCUT2D eigenvalue weighted by Crippen LogP contribution is 2.46. The molecule has 1 aliphatic carbocycles. The summed E-state index contributed by atoms with van der Waals surface area (Å²) in [5, 5.41) is 9.22. The Balaban J connectivity index is 2.12. The summed E-state index contributed by atoms with van der Waals surface area (Å²) in [6.45, 7) is 1.80. The molecular weight excluding hydrogens is 244 g/mol. The van der Waals surface area contributed by atoms with E-state index >= 15 is 0 Å². The number of ether oxygens (including phenoxy) is 1. The molecule has 1 saturated carbocycles. The zero-order valence-electron chi connectivity index (χ0n) is 11.2. The van der Waals surface area contributed by atoms with E-state index in [9.17, 15) is 14.7 Å². The molecular formula is C15H18O4. The van der Waals surface area contributed by atoms with E-state index in [2.05, 4.69) is 4.74 Å². The van der Waals surface area contributed by atoms with Gasteiger partial charge < -0.3 is 9.84 Å². The lowest BCUT2D eigenvalue weighted by Crippen LogP contribution is -2.23. The molecule has 2 atom stereocenters. The van der Waals surface area contributed by atoms with Gasteiger partial charge in [0, 0.05) is 0 Å². The first-order chi connectivity index (χ1) is 8.96. The van der Waals surface area contributed by atoms with Crippen molar-refractivity contribution in [2.75, 3.05) is 7.11 Å². The van der Waals surface area contributed by atoms with Crippen molar-refractivity contribution < 1.29 is 19.4 Å². The molecule has 1 N–H and O–H groups in total. The van der Waals surface area contributed by atoms with Crippen LogP contribution in [-0.4, -0.2) is 24.2 Å². The van der Waals surface area contributed by atoms with Gasteiger partial charge >= 0.3 is 11.9 Å². The monoisotopic (exact) mass is 262 g/mol. The summed E-state index contributed by atoms with van der Waals surface area (Å²) < 4.78 is 4.65. The van der Waals surface area contributed by atoms with Gasteiger partial charge in [-0.1, -0.05) is 12.1 Å². The molecule has 0 aromatic heterocycles. The Morgan fingerprint density at radius 3 is 2.42 bits per heavy atom. The lowest BCUT2D eigenvalue weighted by atomic mass is 9.86. The molecule has 1 aliphatic rings. The fraction of sp³-hybridized carbons (Fsp3) is 0.467. The van der Waals surface area contributed by atoms with Crippen molar-refractivity contribution in [3.63, 3.8) is 0 Å². The molecule has 2 rings (SSSR count). The first-order valence-corrected chi connectivity index (χ1v) is 6.38. The van der Waals surface area contributed by atoms with E-state index in [1.54, 1.807) is 19.1 Å². The molecule has 4 nitrogen and oxygen atoms in total. The maximum absolute atomic E-state index is 11.3. The number of rotatable bonds is 3. The quantitative estimate of drug-likeness (QED) is 0.851. The number of hydrogen-bond acceptors (Lipinski definition) is 3. The Bertz CT molecular complexity index is 491. The minimum Gasteiger partial charge on any atom is -0.481 e. The van der Waals surface area contributed by atoms with Crippen LogP contribution >= 0.6 is 0 Å². The van der Waals surface area contributed by atoms with Crippen LogP contribution in [0.4, 0.5) is 0 Å². The van der Waals surface area contributed by atoms with Gasteiger partial charge in [0.25, 0.3) is 0 Å². The van der Waals surface area contributed by atoms with E-state index < -0.39 is 11.4 Å². The second kappa shape index (κ2) is 5.03. The van der Waals surface area contributed by atoms with Crippen LogP contribution in [0.2, 0.25) is 0 Å². The number of carboxylic acid groups (broad SMARTS) is 1. The van der Waals surface area contributed by atoms with Crippen LogP contribution in [0.5, 0.6) is 0 Å². The van der Waals surface area contributed by atoms with Crippen LogP contribution in [0.25, 0.3) is 0 Å². The Hall–Kier alpha value is -1.84. The predicted molar refractivity (Wildman–Crippen MR) is 70.1 cm³/mol. The van der Waals surface area contributed by atoms with Crippen LogP contribution in [0.15, 0.2) is 24.3 Å². The van der Waals surface area contributed by atoms with Gasteiger partial charge in [0.1, 0.15) is 0 Å². The number of carbonyl (C=O) groups is 2. The highest BCUT2D eigenvalue weighted by molar-refractivity contribution is 5.89. The molecule has 0 amide bonds. The lowest BCUT2D eigenvalue weighted by molar-refractivity contribution is -0.147. The molecule has 1 aromatic rings. The van der Waals surface area contributed by atoms with E-state index in [0.717, 1.165) is 12.0 Å². The topological polar surface area (TPSA) is 63.6 Å². The summed E-state index contributed by atoms with van der Waals surface area (Å²) in [6.07, 6.45) is 2.23. The maximum atomic E-state index is 11.3. The molecule has 0 spiro atoms. The minimum absolute atomic E-state index is 0.257. The Morgan fingerprint density at radius 2 is 1.95 bits per heavy atom. The van der Waals surface area contributed by atoms with E-state index in [0.29, 0.717) is 18.4 Å². The third kappa shape index (κ3) is 2.62. The van der Waals surface area contributed by atoms with Crippen LogP contribution in [0, 0.1) is 5.41 Å². The van der Waals surface area contributed by atoms with Crippen molar-refractivity contribution >= 4 is 11.9 Å². The molecule has 102 valence electrons. The summed E-state index contributed by atoms with van der Waals surface area (Å²) in [4.78, 5) is 22.6. The Morgan fingerprint density at radius 1 is 1.32 bits per heavy atom. The number of carbonyl (C=O) groups excluding carboxylic acids is 1. The lowest BCUT2D eigenvalue weighted by Gasteiger charge is -2.18. The van der Waals surface area contributed by atoms with Gasteiger partial charge in [-0.05, 0) is 49.8 Å². The largest absolute Gasteiger partial charge is 0.481 e. The average Bonchev–Trinajstić information content (AvgIpc) is 2.82. The summed E-state index contributed by atoms with van der Waals surface area (Å²) in [6, 6.07) is 7.25. The van der Waals surface area contributed by atoms with Crippen molar-refractivity contribution in [1.82, 2.24) is 0 Å². The van der Waals surface area contributed by atoms with Crippen molar-refractivity contribution in [1.29, 1.82) is 0 Å². The minimum atomic E-state index is -0.721. The van der Waals surface area contributed by atoms with Crippen LogP contribution in [-0.2, 0) is 9.53 Å². The second-order valence-electron chi connectivity index (χ2n) is 5.42. The van der Waals surface area contributed by atoms with Gasteiger partial charge in [-0.25, -0.2) is 4.79 Å². The van der Waals surface area contributed by atoms with E-state index in [1.807, 2.05) is 12.1 Å². The number of methoxy groups -OCH3 is 1. The number of benzene rings is 1. The highest BCUT2D eigenvalue weighted by Gasteiger charge is 2.41. The smallest absolute Gasteiger partial charge is 0.337 e. The second-order valence-corrected chi connectivity index (χ2v) is 5.42. The third-order valence-corrected chi connectivity index (χ3v) is 4.06. The van der Waals surface area contributed by atoms with Crippen molar-refractivity contribution in [3.8, 4) is 0 Å². The molecule has 0 aliphatic heterocycles. The van der Waals surface area contributed by atoms with Crippen LogP contribution < -0.4 is 0 Å². The fourth-order valence-corrected chi connectivity index (χ4v) is 2.73. The number of aliphatic carboxylic acids is 1.